The number of hydrogen-bond acceptors (Lipinski definition) is 3. The molecule has 4 heteroatoms. The Balaban J connectivity index is 2.41. The lowest BCUT2D eigenvalue weighted by Crippen LogP contribution is -2.32. The molecule has 0 saturated heterocycles. The number of halogens is 1. The van der Waals surface area contributed by atoms with Crippen molar-refractivity contribution in [3.63, 3.8) is 0 Å². The fourth-order valence-corrected chi connectivity index (χ4v) is 3.64. The van der Waals surface area contributed by atoms with Crippen molar-refractivity contribution >= 4 is 39.0 Å². The smallest absolute Gasteiger partial charge is 0.0285 e. The predicted octanol–water partition coefficient (Wildman–Crippen LogP) is 4.17. The molecule has 0 bridgehead atoms. The molecule has 1 N–H and O–H groups in total. The molecule has 16 heavy (non-hydrogen) atoms. The van der Waals surface area contributed by atoms with Gasteiger partial charge in [0, 0.05) is 20.8 Å². The summed E-state index contributed by atoms with van der Waals surface area (Å²) in [4.78, 5) is 1.47. The number of thiophene rings is 1. The van der Waals surface area contributed by atoms with Crippen LogP contribution in [-0.2, 0) is 6.42 Å². The molecular weight excluding hydrogens is 302 g/mol. The van der Waals surface area contributed by atoms with Gasteiger partial charge in [0.05, 0.1) is 0 Å². The van der Waals surface area contributed by atoms with Gasteiger partial charge in [0.15, 0.2) is 0 Å². The van der Waals surface area contributed by atoms with Crippen LogP contribution >= 0.6 is 39.0 Å². The van der Waals surface area contributed by atoms with E-state index in [1.54, 1.807) is 0 Å². The lowest BCUT2D eigenvalue weighted by atomic mass is 10.1. The van der Waals surface area contributed by atoms with E-state index < -0.39 is 0 Å². The first-order chi connectivity index (χ1) is 7.76. The maximum atomic E-state index is 3.64. The van der Waals surface area contributed by atoms with Gasteiger partial charge in [-0.15, -0.1) is 11.3 Å². The lowest BCUT2D eigenvalue weighted by Gasteiger charge is -2.17. The standard InChI is InChI=1S/C12H20BrNS2/c1-3-5-14-11(4-6-15-2)8-12-7-10(13)9-16-12/h7,9,11,14H,3-6,8H2,1-2H3. The summed E-state index contributed by atoms with van der Waals surface area (Å²) in [6.45, 7) is 3.35. The SMILES string of the molecule is CCCNC(CCSC)Cc1cc(Br)cs1. The van der Waals surface area contributed by atoms with Crippen LogP contribution in [0.3, 0.4) is 0 Å². The van der Waals surface area contributed by atoms with Crippen LogP contribution in [0.2, 0.25) is 0 Å². The van der Waals surface area contributed by atoms with Crippen molar-refractivity contribution in [3.05, 3.63) is 20.8 Å². The summed E-state index contributed by atoms with van der Waals surface area (Å²) in [7, 11) is 0. The monoisotopic (exact) mass is 321 g/mol. The number of thioether (sulfide) groups is 1. The van der Waals surface area contributed by atoms with Gasteiger partial charge < -0.3 is 5.32 Å². The molecule has 0 aliphatic carbocycles. The summed E-state index contributed by atoms with van der Waals surface area (Å²) in [5, 5.41) is 5.81. The molecule has 0 fully saturated rings. The van der Waals surface area contributed by atoms with E-state index in [2.05, 4.69) is 45.9 Å². The van der Waals surface area contributed by atoms with Crippen LogP contribution in [0.15, 0.2) is 15.9 Å². The Morgan fingerprint density at radius 1 is 1.56 bits per heavy atom. The van der Waals surface area contributed by atoms with Gasteiger partial charge in [-0.25, -0.2) is 0 Å². The molecule has 0 aromatic carbocycles. The Labute approximate surface area is 116 Å². The number of hydrogen-bond donors (Lipinski definition) is 1. The second kappa shape index (κ2) is 8.56. The van der Waals surface area contributed by atoms with E-state index in [1.165, 1.54) is 27.9 Å². The minimum atomic E-state index is 0.637. The molecular formula is C12H20BrNS2. The molecule has 1 heterocycles. The molecule has 0 spiro atoms. The second-order valence-corrected chi connectivity index (χ2v) is 6.76. The normalized spacial score (nSPS) is 12.9. The maximum Gasteiger partial charge on any atom is 0.0285 e. The molecule has 1 rings (SSSR count). The summed E-state index contributed by atoms with van der Waals surface area (Å²) in [5.41, 5.74) is 0. The minimum Gasteiger partial charge on any atom is -0.314 e. The van der Waals surface area contributed by atoms with Gasteiger partial charge in [-0.2, -0.15) is 11.8 Å². The average molecular weight is 322 g/mol. The van der Waals surface area contributed by atoms with E-state index in [0.29, 0.717) is 6.04 Å². The molecule has 1 unspecified atom stereocenters. The van der Waals surface area contributed by atoms with Gasteiger partial charge in [-0.3, -0.25) is 0 Å². The molecule has 1 aromatic heterocycles. The first kappa shape index (κ1) is 14.6. The van der Waals surface area contributed by atoms with Crippen molar-refractivity contribution in [2.45, 2.75) is 32.2 Å². The Kier molecular flexibility index (Phi) is 7.79. The van der Waals surface area contributed by atoms with Crippen molar-refractivity contribution in [3.8, 4) is 0 Å². The highest BCUT2D eigenvalue weighted by Gasteiger charge is 2.09. The van der Waals surface area contributed by atoms with E-state index in [1.807, 2.05) is 23.1 Å². The Morgan fingerprint density at radius 2 is 2.38 bits per heavy atom. The topological polar surface area (TPSA) is 12.0 Å². The summed E-state index contributed by atoms with van der Waals surface area (Å²) >= 11 is 7.30. The fraction of sp³-hybridized carbons (Fsp3) is 0.667. The van der Waals surface area contributed by atoms with Gasteiger partial charge in [0.2, 0.25) is 0 Å². The highest BCUT2D eigenvalue weighted by molar-refractivity contribution is 9.10. The summed E-state index contributed by atoms with van der Waals surface area (Å²) < 4.78 is 1.21. The quantitative estimate of drug-likeness (QED) is 0.771. The first-order valence-corrected chi connectivity index (χ1v) is 8.78. The zero-order chi connectivity index (χ0) is 11.8. The van der Waals surface area contributed by atoms with Gasteiger partial charge in [0.1, 0.15) is 0 Å². The number of nitrogens with one attached hydrogen (secondary N) is 1. The zero-order valence-corrected chi connectivity index (χ0v) is 13.2. The van der Waals surface area contributed by atoms with Gasteiger partial charge in [-0.1, -0.05) is 6.92 Å². The molecule has 0 aliphatic heterocycles. The molecule has 0 amide bonds. The van der Waals surface area contributed by atoms with Crippen LogP contribution in [0.4, 0.5) is 0 Å². The van der Waals surface area contributed by atoms with Crippen molar-refractivity contribution in [2.75, 3.05) is 18.6 Å². The Morgan fingerprint density at radius 3 is 2.94 bits per heavy atom. The third-order valence-corrected chi connectivity index (χ3v) is 4.79. The van der Waals surface area contributed by atoms with E-state index in [4.69, 9.17) is 0 Å². The zero-order valence-electron chi connectivity index (χ0n) is 9.96. The maximum absolute atomic E-state index is 3.64. The van der Waals surface area contributed by atoms with Crippen molar-refractivity contribution in [1.82, 2.24) is 5.32 Å². The highest BCUT2D eigenvalue weighted by atomic mass is 79.9. The molecule has 0 aliphatic rings. The Bertz CT molecular complexity index is 280. The van der Waals surface area contributed by atoms with Crippen LogP contribution in [0.5, 0.6) is 0 Å². The third kappa shape index (κ3) is 5.71. The first-order valence-electron chi connectivity index (χ1n) is 5.71. The average Bonchev–Trinajstić information content (AvgIpc) is 2.68. The van der Waals surface area contributed by atoms with Crippen molar-refractivity contribution < 1.29 is 0 Å². The van der Waals surface area contributed by atoms with E-state index in [9.17, 15) is 0 Å². The minimum absolute atomic E-state index is 0.637. The molecule has 0 radical (unpaired) electrons. The molecule has 1 atom stereocenters. The van der Waals surface area contributed by atoms with Crippen molar-refractivity contribution in [1.29, 1.82) is 0 Å². The third-order valence-electron chi connectivity index (χ3n) is 2.42. The molecule has 1 nitrogen and oxygen atoms in total. The molecule has 1 aromatic rings. The van der Waals surface area contributed by atoms with E-state index in [0.717, 1.165) is 13.0 Å². The number of rotatable bonds is 8. The molecule has 0 saturated carbocycles. The summed E-state index contributed by atoms with van der Waals surface area (Å²) in [6, 6.07) is 2.88. The predicted molar refractivity (Wildman–Crippen MR) is 80.8 cm³/mol. The van der Waals surface area contributed by atoms with Gasteiger partial charge in [-0.05, 0) is 59.8 Å². The van der Waals surface area contributed by atoms with Crippen LogP contribution in [0.25, 0.3) is 0 Å². The highest BCUT2D eigenvalue weighted by Crippen LogP contribution is 2.21. The fourth-order valence-electron chi connectivity index (χ4n) is 1.59. The Hall–Kier alpha value is 0.490. The van der Waals surface area contributed by atoms with Gasteiger partial charge >= 0.3 is 0 Å². The van der Waals surface area contributed by atoms with Crippen molar-refractivity contribution in [2.24, 2.45) is 0 Å². The largest absolute Gasteiger partial charge is 0.314 e. The lowest BCUT2D eigenvalue weighted by molar-refractivity contribution is 0.500. The van der Waals surface area contributed by atoms with E-state index in [-0.39, 0.29) is 0 Å². The van der Waals surface area contributed by atoms with Gasteiger partial charge in [0.25, 0.3) is 0 Å². The van der Waals surface area contributed by atoms with Crippen LogP contribution in [0, 0.1) is 0 Å². The summed E-state index contributed by atoms with van der Waals surface area (Å²) in [6.07, 6.45) is 5.82. The van der Waals surface area contributed by atoms with Crippen LogP contribution in [0.1, 0.15) is 24.6 Å². The van der Waals surface area contributed by atoms with Crippen LogP contribution < -0.4 is 5.32 Å². The van der Waals surface area contributed by atoms with E-state index >= 15 is 0 Å². The summed E-state index contributed by atoms with van der Waals surface area (Å²) in [5.74, 6) is 1.24. The second-order valence-electron chi connectivity index (χ2n) is 3.87. The molecule has 92 valence electrons. The van der Waals surface area contributed by atoms with Crippen LogP contribution in [-0.4, -0.2) is 24.6 Å².